The quantitative estimate of drug-likeness (QED) is 0.534. The number of hydrogen-bond donors (Lipinski definition) is 0. The maximum Gasteiger partial charge on any atom is 0.150 e. The van der Waals surface area contributed by atoms with Gasteiger partial charge in [0.05, 0.1) is 0 Å². The molecular formula is C13H18OS. The Hall–Kier alpha value is -0.760. The van der Waals surface area contributed by atoms with E-state index in [1.807, 2.05) is 30.0 Å². The van der Waals surface area contributed by atoms with Crippen molar-refractivity contribution in [1.82, 2.24) is 0 Å². The summed E-state index contributed by atoms with van der Waals surface area (Å²) in [6.07, 6.45) is 3.37. The number of carbonyl (C=O) groups excluding carboxylic acids is 1. The zero-order valence-corrected chi connectivity index (χ0v) is 10.2. The maximum absolute atomic E-state index is 10.6. The van der Waals surface area contributed by atoms with Crippen molar-refractivity contribution in [2.45, 2.75) is 31.6 Å². The first-order chi connectivity index (χ1) is 7.30. The maximum atomic E-state index is 10.6. The van der Waals surface area contributed by atoms with Gasteiger partial charge < -0.3 is 0 Å². The van der Waals surface area contributed by atoms with Crippen LogP contribution in [0.1, 0.15) is 37.0 Å². The van der Waals surface area contributed by atoms with Gasteiger partial charge in [-0.1, -0.05) is 38.8 Å². The third-order valence-corrected chi connectivity index (χ3v) is 3.86. The van der Waals surface area contributed by atoms with Crippen molar-refractivity contribution in [3.63, 3.8) is 0 Å². The van der Waals surface area contributed by atoms with Gasteiger partial charge >= 0.3 is 0 Å². The molecule has 0 saturated carbocycles. The van der Waals surface area contributed by atoms with Gasteiger partial charge in [-0.05, 0) is 18.1 Å². The van der Waals surface area contributed by atoms with Gasteiger partial charge in [-0.25, -0.2) is 0 Å². The van der Waals surface area contributed by atoms with E-state index in [1.54, 1.807) is 0 Å². The lowest BCUT2D eigenvalue weighted by Crippen LogP contribution is -1.99. The Balaban J connectivity index is 2.53. The van der Waals surface area contributed by atoms with E-state index in [-0.39, 0.29) is 0 Å². The molecule has 1 aromatic carbocycles. The Morgan fingerprint density at radius 1 is 1.33 bits per heavy atom. The largest absolute Gasteiger partial charge is 0.298 e. The van der Waals surface area contributed by atoms with Crippen molar-refractivity contribution in [2.24, 2.45) is 5.92 Å². The van der Waals surface area contributed by atoms with E-state index in [2.05, 4.69) is 19.9 Å². The Kier molecular flexibility index (Phi) is 5.48. The molecule has 0 aliphatic carbocycles. The summed E-state index contributed by atoms with van der Waals surface area (Å²) in [6.45, 7) is 4.47. The fourth-order valence-electron chi connectivity index (χ4n) is 1.42. The highest BCUT2D eigenvalue weighted by atomic mass is 32.2. The summed E-state index contributed by atoms with van der Waals surface area (Å²) in [6, 6.07) is 7.81. The van der Waals surface area contributed by atoms with Crippen LogP contribution in [0.2, 0.25) is 0 Å². The van der Waals surface area contributed by atoms with Crippen LogP contribution in [0.5, 0.6) is 0 Å². The van der Waals surface area contributed by atoms with Crippen molar-refractivity contribution in [2.75, 3.05) is 5.75 Å². The van der Waals surface area contributed by atoms with Crippen LogP contribution >= 0.6 is 11.8 Å². The summed E-state index contributed by atoms with van der Waals surface area (Å²) in [5.74, 6) is 1.94. The van der Waals surface area contributed by atoms with E-state index in [4.69, 9.17) is 0 Å². The molecule has 0 spiro atoms. The smallest absolute Gasteiger partial charge is 0.150 e. The topological polar surface area (TPSA) is 17.1 Å². The normalized spacial score (nSPS) is 10.6. The van der Waals surface area contributed by atoms with E-state index in [9.17, 15) is 4.79 Å². The van der Waals surface area contributed by atoms with Crippen LogP contribution < -0.4 is 0 Å². The molecule has 0 aliphatic rings. The second-order valence-electron chi connectivity index (χ2n) is 3.68. The number of carbonyl (C=O) groups is 1. The van der Waals surface area contributed by atoms with Crippen LogP contribution in [0.4, 0.5) is 0 Å². The number of benzene rings is 1. The number of aldehydes is 1. The monoisotopic (exact) mass is 222 g/mol. The van der Waals surface area contributed by atoms with Crippen LogP contribution in [-0.2, 0) is 0 Å². The van der Waals surface area contributed by atoms with Crippen molar-refractivity contribution in [3.05, 3.63) is 29.8 Å². The average Bonchev–Trinajstić information content (AvgIpc) is 2.31. The minimum atomic E-state index is 0.768. The molecule has 0 atom stereocenters. The molecule has 1 nitrogen and oxygen atoms in total. The van der Waals surface area contributed by atoms with Crippen LogP contribution in [-0.4, -0.2) is 12.0 Å². The highest BCUT2D eigenvalue weighted by molar-refractivity contribution is 7.99. The van der Waals surface area contributed by atoms with Crippen LogP contribution in [0.15, 0.2) is 29.2 Å². The molecule has 1 aromatic rings. The van der Waals surface area contributed by atoms with Gasteiger partial charge in [0, 0.05) is 16.2 Å². The molecule has 0 aromatic heterocycles. The molecule has 0 heterocycles. The fraction of sp³-hybridized carbons (Fsp3) is 0.462. The third-order valence-electron chi connectivity index (χ3n) is 2.63. The molecule has 1 rings (SSSR count). The lowest BCUT2D eigenvalue weighted by molar-refractivity contribution is 0.112. The Morgan fingerprint density at radius 3 is 2.67 bits per heavy atom. The molecule has 0 fully saturated rings. The molecule has 0 saturated heterocycles. The van der Waals surface area contributed by atoms with E-state index < -0.39 is 0 Å². The second kappa shape index (κ2) is 6.67. The first kappa shape index (κ1) is 12.3. The lowest BCUT2D eigenvalue weighted by Gasteiger charge is -2.11. The van der Waals surface area contributed by atoms with Gasteiger partial charge in [0.25, 0.3) is 0 Å². The van der Waals surface area contributed by atoms with Crippen LogP contribution in [0.3, 0.4) is 0 Å². The Labute approximate surface area is 96.3 Å². The summed E-state index contributed by atoms with van der Waals surface area (Å²) in [5, 5.41) is 0. The molecule has 0 amide bonds. The molecule has 0 aliphatic heterocycles. The molecular weight excluding hydrogens is 204 g/mol. The van der Waals surface area contributed by atoms with Crippen molar-refractivity contribution >= 4 is 18.0 Å². The summed E-state index contributed by atoms with van der Waals surface area (Å²) in [7, 11) is 0. The lowest BCUT2D eigenvalue weighted by atomic mass is 10.1. The van der Waals surface area contributed by atoms with Gasteiger partial charge in [-0.2, -0.15) is 0 Å². The second-order valence-corrected chi connectivity index (χ2v) is 4.78. The first-order valence-electron chi connectivity index (χ1n) is 5.48. The minimum Gasteiger partial charge on any atom is -0.298 e. The summed E-state index contributed by atoms with van der Waals surface area (Å²) < 4.78 is 0. The predicted octanol–water partition coefficient (Wildman–Crippen LogP) is 4.03. The first-order valence-corrected chi connectivity index (χ1v) is 6.46. The fourth-order valence-corrected chi connectivity index (χ4v) is 2.71. The van der Waals surface area contributed by atoms with Gasteiger partial charge in [0.1, 0.15) is 6.29 Å². The van der Waals surface area contributed by atoms with Crippen molar-refractivity contribution in [1.29, 1.82) is 0 Å². The van der Waals surface area contributed by atoms with E-state index >= 15 is 0 Å². The van der Waals surface area contributed by atoms with E-state index in [0.29, 0.717) is 0 Å². The van der Waals surface area contributed by atoms with E-state index in [0.717, 1.165) is 23.5 Å². The summed E-state index contributed by atoms with van der Waals surface area (Å²) in [4.78, 5) is 11.8. The van der Waals surface area contributed by atoms with Gasteiger partial charge in [0.15, 0.2) is 0 Å². The average molecular weight is 222 g/mol. The summed E-state index contributed by atoms with van der Waals surface area (Å²) >= 11 is 1.85. The molecule has 0 unspecified atom stereocenters. The Bertz CT molecular complexity index is 305. The Morgan fingerprint density at radius 2 is 2.07 bits per heavy atom. The van der Waals surface area contributed by atoms with Crippen molar-refractivity contribution in [3.8, 4) is 0 Å². The van der Waals surface area contributed by atoms with Crippen LogP contribution in [0, 0.1) is 5.92 Å². The molecule has 82 valence electrons. The van der Waals surface area contributed by atoms with Gasteiger partial charge in [-0.15, -0.1) is 11.8 Å². The standard InChI is InChI=1S/C13H18OS/c1-3-11(4-2)10-15-13-7-5-6-12(8-13)9-14/h5-9,11H,3-4,10H2,1-2H3. The number of thioether (sulfide) groups is 1. The minimum absolute atomic E-state index is 0.768. The third kappa shape index (κ3) is 4.08. The number of hydrogen-bond acceptors (Lipinski definition) is 2. The van der Waals surface area contributed by atoms with E-state index in [1.165, 1.54) is 17.7 Å². The highest BCUT2D eigenvalue weighted by Crippen LogP contribution is 2.23. The summed E-state index contributed by atoms with van der Waals surface area (Å²) in [5.41, 5.74) is 0.768. The molecule has 0 radical (unpaired) electrons. The SMILES string of the molecule is CCC(CC)CSc1cccc(C=O)c1. The zero-order valence-electron chi connectivity index (χ0n) is 9.40. The molecule has 2 heteroatoms. The highest BCUT2D eigenvalue weighted by Gasteiger charge is 2.04. The molecule has 0 N–H and O–H groups in total. The zero-order chi connectivity index (χ0) is 11.1. The predicted molar refractivity (Wildman–Crippen MR) is 66.6 cm³/mol. The van der Waals surface area contributed by atoms with Gasteiger partial charge in [-0.3, -0.25) is 4.79 Å². The van der Waals surface area contributed by atoms with Gasteiger partial charge in [0.2, 0.25) is 0 Å². The van der Waals surface area contributed by atoms with Crippen molar-refractivity contribution < 1.29 is 4.79 Å². The number of rotatable bonds is 6. The van der Waals surface area contributed by atoms with Crippen LogP contribution in [0.25, 0.3) is 0 Å². The molecule has 0 bridgehead atoms. The molecule has 15 heavy (non-hydrogen) atoms.